The lowest BCUT2D eigenvalue weighted by Gasteiger charge is -2.15. The summed E-state index contributed by atoms with van der Waals surface area (Å²) in [6.45, 7) is 6.74. The molecule has 2 aromatic heterocycles. The Morgan fingerprint density at radius 2 is 1.96 bits per heavy atom. The van der Waals surface area contributed by atoms with Gasteiger partial charge in [0.25, 0.3) is 5.91 Å². The minimum absolute atomic E-state index is 0.136. The number of benzene rings is 1. The van der Waals surface area contributed by atoms with Gasteiger partial charge in [0.1, 0.15) is 5.75 Å². The maximum absolute atomic E-state index is 12.6. The van der Waals surface area contributed by atoms with Crippen LogP contribution < -0.4 is 4.74 Å². The third-order valence-electron chi connectivity index (χ3n) is 4.41. The number of carbonyl (C=O) groups excluding carboxylic acids is 1. The van der Waals surface area contributed by atoms with Gasteiger partial charge in [-0.2, -0.15) is 10.2 Å². The molecular formula is C20H25N5O2. The lowest BCUT2D eigenvalue weighted by atomic mass is 10.1. The monoisotopic (exact) mass is 367 g/mol. The minimum atomic E-state index is -0.136. The molecule has 0 aliphatic rings. The van der Waals surface area contributed by atoms with Gasteiger partial charge in [0.05, 0.1) is 5.69 Å². The van der Waals surface area contributed by atoms with E-state index in [1.54, 1.807) is 33.6 Å². The fraction of sp³-hybridized carbons (Fsp3) is 0.350. The summed E-state index contributed by atoms with van der Waals surface area (Å²) >= 11 is 0. The Hall–Kier alpha value is -3.09. The number of rotatable bonds is 6. The van der Waals surface area contributed by atoms with E-state index in [1.807, 2.05) is 46.1 Å². The zero-order chi connectivity index (χ0) is 19.6. The molecule has 0 fully saturated rings. The van der Waals surface area contributed by atoms with Crippen molar-refractivity contribution in [1.29, 1.82) is 0 Å². The molecule has 3 rings (SSSR count). The van der Waals surface area contributed by atoms with E-state index in [0.717, 1.165) is 22.6 Å². The third-order valence-corrected chi connectivity index (χ3v) is 4.41. The molecule has 7 heteroatoms. The summed E-state index contributed by atoms with van der Waals surface area (Å²) in [7, 11) is 3.63. The molecule has 0 spiro atoms. The van der Waals surface area contributed by atoms with E-state index in [-0.39, 0.29) is 12.6 Å². The van der Waals surface area contributed by atoms with Crippen LogP contribution >= 0.6 is 0 Å². The van der Waals surface area contributed by atoms with Gasteiger partial charge in [-0.25, -0.2) is 4.68 Å². The normalized spacial score (nSPS) is 10.9. The Labute approximate surface area is 159 Å². The first-order valence-corrected chi connectivity index (χ1v) is 8.81. The van der Waals surface area contributed by atoms with Crippen LogP contribution in [0.5, 0.6) is 5.75 Å². The SMILES string of the molecule is Cc1ccc(OCn2ccc(C(=O)N(C)Cc3cn(C)nc3C)n2)c(C)c1. The quantitative estimate of drug-likeness (QED) is 0.672. The van der Waals surface area contributed by atoms with Crippen molar-refractivity contribution in [2.24, 2.45) is 7.05 Å². The Kier molecular flexibility index (Phi) is 5.30. The second kappa shape index (κ2) is 7.65. The summed E-state index contributed by atoms with van der Waals surface area (Å²) in [4.78, 5) is 14.3. The molecule has 1 aromatic carbocycles. The maximum atomic E-state index is 12.6. The van der Waals surface area contributed by atoms with Gasteiger partial charge in [0, 0.05) is 38.6 Å². The van der Waals surface area contributed by atoms with Gasteiger partial charge in [0.2, 0.25) is 0 Å². The highest BCUT2D eigenvalue weighted by Crippen LogP contribution is 2.19. The number of ether oxygens (including phenoxy) is 1. The van der Waals surface area contributed by atoms with Crippen molar-refractivity contribution < 1.29 is 9.53 Å². The summed E-state index contributed by atoms with van der Waals surface area (Å²) in [5.41, 5.74) is 4.60. The Morgan fingerprint density at radius 3 is 2.63 bits per heavy atom. The summed E-state index contributed by atoms with van der Waals surface area (Å²) in [5, 5.41) is 8.65. The standard InChI is InChI=1S/C20H25N5O2/c1-14-6-7-19(15(2)10-14)27-13-25-9-8-18(22-25)20(26)23(4)11-17-12-24(5)21-16(17)3/h6-10,12H,11,13H2,1-5H3. The molecule has 0 saturated heterocycles. The van der Waals surface area contributed by atoms with Crippen molar-refractivity contribution in [1.82, 2.24) is 24.5 Å². The van der Waals surface area contributed by atoms with E-state index in [0.29, 0.717) is 12.2 Å². The summed E-state index contributed by atoms with van der Waals surface area (Å²) in [6.07, 6.45) is 3.68. The third kappa shape index (κ3) is 4.36. The van der Waals surface area contributed by atoms with E-state index < -0.39 is 0 Å². The van der Waals surface area contributed by atoms with Crippen molar-refractivity contribution in [3.8, 4) is 5.75 Å². The first-order chi connectivity index (χ1) is 12.8. The second-order valence-corrected chi connectivity index (χ2v) is 6.86. The van der Waals surface area contributed by atoms with Crippen molar-refractivity contribution in [2.45, 2.75) is 34.0 Å². The Balaban J connectivity index is 1.62. The van der Waals surface area contributed by atoms with Crippen molar-refractivity contribution in [3.05, 3.63) is 64.7 Å². The fourth-order valence-electron chi connectivity index (χ4n) is 2.97. The Morgan fingerprint density at radius 1 is 1.19 bits per heavy atom. The summed E-state index contributed by atoms with van der Waals surface area (Å²) in [5.74, 6) is 0.677. The van der Waals surface area contributed by atoms with Gasteiger partial charge in [-0.05, 0) is 38.5 Å². The van der Waals surface area contributed by atoms with Crippen LogP contribution in [0.3, 0.4) is 0 Å². The number of amides is 1. The number of aromatic nitrogens is 4. The van der Waals surface area contributed by atoms with Crippen LogP contribution in [0.1, 0.15) is 32.9 Å². The van der Waals surface area contributed by atoms with Crippen LogP contribution in [0.25, 0.3) is 0 Å². The second-order valence-electron chi connectivity index (χ2n) is 6.86. The zero-order valence-corrected chi connectivity index (χ0v) is 16.4. The lowest BCUT2D eigenvalue weighted by molar-refractivity contribution is 0.0777. The zero-order valence-electron chi connectivity index (χ0n) is 16.4. The minimum Gasteiger partial charge on any atom is -0.471 e. The van der Waals surface area contributed by atoms with Crippen LogP contribution in [-0.4, -0.2) is 37.4 Å². The van der Waals surface area contributed by atoms with Crippen LogP contribution in [0, 0.1) is 20.8 Å². The van der Waals surface area contributed by atoms with E-state index in [1.165, 1.54) is 5.56 Å². The van der Waals surface area contributed by atoms with Crippen LogP contribution in [0.2, 0.25) is 0 Å². The van der Waals surface area contributed by atoms with Gasteiger partial charge in [0.15, 0.2) is 12.4 Å². The molecular weight excluding hydrogens is 342 g/mol. The molecule has 0 aliphatic heterocycles. The summed E-state index contributed by atoms with van der Waals surface area (Å²) < 4.78 is 9.18. The highest BCUT2D eigenvalue weighted by Gasteiger charge is 2.17. The fourth-order valence-corrected chi connectivity index (χ4v) is 2.97. The predicted octanol–water partition coefficient (Wildman–Crippen LogP) is 2.85. The molecule has 0 radical (unpaired) electrons. The molecule has 0 saturated carbocycles. The molecule has 0 unspecified atom stereocenters. The Bertz CT molecular complexity index is 957. The predicted molar refractivity (Wildman–Crippen MR) is 103 cm³/mol. The van der Waals surface area contributed by atoms with Crippen LogP contribution in [0.4, 0.5) is 0 Å². The molecule has 0 bridgehead atoms. The molecule has 0 N–H and O–H groups in total. The van der Waals surface area contributed by atoms with E-state index in [9.17, 15) is 4.79 Å². The van der Waals surface area contributed by atoms with Crippen LogP contribution in [-0.2, 0) is 20.3 Å². The molecule has 142 valence electrons. The van der Waals surface area contributed by atoms with Crippen LogP contribution in [0.15, 0.2) is 36.7 Å². The number of aryl methyl sites for hydroxylation is 4. The molecule has 0 atom stereocenters. The van der Waals surface area contributed by atoms with E-state index in [4.69, 9.17) is 4.74 Å². The van der Waals surface area contributed by atoms with Crippen molar-refractivity contribution in [3.63, 3.8) is 0 Å². The van der Waals surface area contributed by atoms with Crippen molar-refractivity contribution >= 4 is 5.91 Å². The van der Waals surface area contributed by atoms with E-state index in [2.05, 4.69) is 16.3 Å². The number of hydrogen-bond donors (Lipinski definition) is 0. The number of nitrogens with zero attached hydrogens (tertiary/aromatic N) is 5. The molecule has 1 amide bonds. The molecule has 3 aromatic rings. The van der Waals surface area contributed by atoms with Gasteiger partial charge in [-0.1, -0.05) is 17.7 Å². The molecule has 2 heterocycles. The van der Waals surface area contributed by atoms with Gasteiger partial charge >= 0.3 is 0 Å². The molecule has 0 aliphatic carbocycles. The highest BCUT2D eigenvalue weighted by molar-refractivity contribution is 5.91. The topological polar surface area (TPSA) is 65.2 Å². The first kappa shape index (κ1) is 18.7. The molecule has 27 heavy (non-hydrogen) atoms. The first-order valence-electron chi connectivity index (χ1n) is 8.81. The van der Waals surface area contributed by atoms with Crippen molar-refractivity contribution in [2.75, 3.05) is 7.05 Å². The van der Waals surface area contributed by atoms with E-state index >= 15 is 0 Å². The largest absolute Gasteiger partial charge is 0.471 e. The number of carbonyl (C=O) groups is 1. The highest BCUT2D eigenvalue weighted by atomic mass is 16.5. The summed E-state index contributed by atoms with van der Waals surface area (Å²) in [6, 6.07) is 7.74. The number of hydrogen-bond acceptors (Lipinski definition) is 4. The molecule has 7 nitrogen and oxygen atoms in total. The van der Waals surface area contributed by atoms with Gasteiger partial charge in [-0.15, -0.1) is 0 Å². The maximum Gasteiger partial charge on any atom is 0.274 e. The average Bonchev–Trinajstić information content (AvgIpc) is 3.20. The van der Waals surface area contributed by atoms with Gasteiger partial charge < -0.3 is 9.64 Å². The average molecular weight is 367 g/mol. The lowest BCUT2D eigenvalue weighted by Crippen LogP contribution is -2.27. The van der Waals surface area contributed by atoms with Gasteiger partial charge in [-0.3, -0.25) is 9.48 Å². The smallest absolute Gasteiger partial charge is 0.274 e.